The molecular weight excluding hydrogens is 367 g/mol. The number of nitrogens with one attached hydrogen (secondary N) is 1. The fraction of sp³-hybridized carbons (Fsp3) is 0.556. The van der Waals surface area contributed by atoms with Gasteiger partial charge in [0.05, 0.1) is 29.8 Å². The summed E-state index contributed by atoms with van der Waals surface area (Å²) in [6.45, 7) is 0.129. The molecular formula is C18H20F3NO5. The fourth-order valence-corrected chi connectivity index (χ4v) is 3.61. The third-order valence-electron chi connectivity index (χ3n) is 5.22. The van der Waals surface area contributed by atoms with Crippen LogP contribution in [0.3, 0.4) is 0 Å². The van der Waals surface area contributed by atoms with Gasteiger partial charge in [-0.3, -0.25) is 9.59 Å². The van der Waals surface area contributed by atoms with Crippen LogP contribution in [-0.2, 0) is 31.8 Å². The van der Waals surface area contributed by atoms with Crippen molar-refractivity contribution in [2.45, 2.75) is 37.6 Å². The minimum absolute atomic E-state index is 0.00925. The van der Waals surface area contributed by atoms with Gasteiger partial charge in [-0.25, -0.2) is 0 Å². The van der Waals surface area contributed by atoms with Crippen LogP contribution in [0.15, 0.2) is 24.3 Å². The molecule has 1 aromatic rings. The number of alkyl halides is 3. The Hall–Kier alpha value is -2.13. The molecule has 2 bridgehead atoms. The van der Waals surface area contributed by atoms with Crippen LogP contribution in [-0.4, -0.2) is 42.3 Å². The number of rotatable bonds is 7. The first-order valence-corrected chi connectivity index (χ1v) is 8.52. The summed E-state index contributed by atoms with van der Waals surface area (Å²) in [4.78, 5) is 23.3. The lowest BCUT2D eigenvalue weighted by Gasteiger charge is -2.27. The summed E-state index contributed by atoms with van der Waals surface area (Å²) in [5.41, 5.74) is -1.70. The number of carbonyl (C=O) groups excluding carboxylic acids is 1. The Morgan fingerprint density at radius 1 is 1.22 bits per heavy atom. The van der Waals surface area contributed by atoms with E-state index in [1.165, 1.54) is 12.1 Å². The number of fused-ring (bicyclic) bond motifs is 2. The van der Waals surface area contributed by atoms with Gasteiger partial charge in [0.15, 0.2) is 0 Å². The molecule has 6 nitrogen and oxygen atoms in total. The van der Waals surface area contributed by atoms with E-state index in [0.717, 1.165) is 12.1 Å². The second kappa shape index (κ2) is 7.12. The van der Waals surface area contributed by atoms with Crippen LogP contribution in [0.5, 0.6) is 0 Å². The zero-order chi connectivity index (χ0) is 19.7. The molecule has 1 aromatic carbocycles. The van der Waals surface area contributed by atoms with E-state index >= 15 is 0 Å². The van der Waals surface area contributed by atoms with E-state index < -0.39 is 28.7 Å². The quantitative estimate of drug-likeness (QED) is 0.750. The van der Waals surface area contributed by atoms with Crippen molar-refractivity contribution >= 4 is 11.9 Å². The van der Waals surface area contributed by atoms with Crippen LogP contribution >= 0.6 is 0 Å². The van der Waals surface area contributed by atoms with Crippen LogP contribution in [0.4, 0.5) is 13.2 Å². The number of carboxylic acid groups (broad SMARTS) is 1. The van der Waals surface area contributed by atoms with E-state index in [0.29, 0.717) is 24.8 Å². The maximum Gasteiger partial charge on any atom is 0.416 e. The van der Waals surface area contributed by atoms with Crippen LogP contribution < -0.4 is 5.32 Å². The maximum atomic E-state index is 12.5. The average Bonchev–Trinajstić information content (AvgIpc) is 3.18. The van der Waals surface area contributed by atoms with Gasteiger partial charge >= 0.3 is 12.1 Å². The zero-order valence-corrected chi connectivity index (χ0v) is 14.5. The lowest BCUT2D eigenvalue weighted by Crippen LogP contribution is -2.42. The zero-order valence-electron chi connectivity index (χ0n) is 14.5. The first-order chi connectivity index (χ1) is 12.6. The van der Waals surface area contributed by atoms with Gasteiger partial charge in [-0.05, 0) is 37.0 Å². The minimum atomic E-state index is -4.39. The molecule has 0 spiro atoms. The Labute approximate surface area is 153 Å². The molecule has 27 heavy (non-hydrogen) atoms. The highest BCUT2D eigenvalue weighted by molar-refractivity contribution is 5.78. The molecule has 1 heterocycles. The highest BCUT2D eigenvalue weighted by Gasteiger charge is 2.59. The molecule has 0 aromatic heterocycles. The van der Waals surface area contributed by atoms with E-state index in [1.807, 2.05) is 0 Å². The molecule has 3 rings (SSSR count). The maximum absolute atomic E-state index is 12.5. The lowest BCUT2D eigenvalue weighted by atomic mass is 9.88. The monoisotopic (exact) mass is 387 g/mol. The highest BCUT2D eigenvalue weighted by Crippen LogP contribution is 2.52. The summed E-state index contributed by atoms with van der Waals surface area (Å²) in [6.07, 6.45) is -2.91. The molecule has 9 heteroatoms. The number of carbonyl (C=O) groups is 2. The summed E-state index contributed by atoms with van der Waals surface area (Å²) < 4.78 is 48.4. The Bertz CT molecular complexity index is 709. The minimum Gasteiger partial charge on any atom is -0.481 e. The number of carboxylic acids is 1. The number of ether oxygens (including phenoxy) is 2. The summed E-state index contributed by atoms with van der Waals surface area (Å²) >= 11 is 0. The molecule has 1 saturated heterocycles. The molecule has 2 N–H and O–H groups in total. The number of halogens is 3. The lowest BCUT2D eigenvalue weighted by molar-refractivity contribution is -0.150. The molecule has 2 aliphatic rings. The van der Waals surface area contributed by atoms with Gasteiger partial charge in [0.1, 0.15) is 6.61 Å². The molecule has 1 amide bonds. The van der Waals surface area contributed by atoms with E-state index in [4.69, 9.17) is 9.47 Å². The largest absolute Gasteiger partial charge is 0.481 e. The molecule has 2 unspecified atom stereocenters. The van der Waals surface area contributed by atoms with Gasteiger partial charge in [0, 0.05) is 6.54 Å². The van der Waals surface area contributed by atoms with Crippen molar-refractivity contribution < 1.29 is 37.3 Å². The number of hydrogen-bond acceptors (Lipinski definition) is 4. The second-order valence-electron chi connectivity index (χ2n) is 7.20. The Balaban J connectivity index is 1.40. The standard InChI is InChI=1S/C18H20F3NO5/c19-18(20,21)13-3-1-12(2-4-13)7-26-8-14(23)22-10-17-6-5-16(9-17,11-27-17)15(24)25/h1-4H,5-11H2,(H,22,23)(H,24,25). The van der Waals surface area contributed by atoms with Crippen molar-refractivity contribution in [1.82, 2.24) is 5.32 Å². The molecule has 1 saturated carbocycles. The van der Waals surface area contributed by atoms with Crippen LogP contribution in [0, 0.1) is 5.41 Å². The van der Waals surface area contributed by atoms with Crippen LogP contribution in [0.2, 0.25) is 0 Å². The summed E-state index contributed by atoms with van der Waals surface area (Å²) in [5.74, 6) is -1.26. The van der Waals surface area contributed by atoms with Gasteiger partial charge in [-0.2, -0.15) is 13.2 Å². The Morgan fingerprint density at radius 3 is 2.44 bits per heavy atom. The molecule has 1 aliphatic carbocycles. The SMILES string of the molecule is O=C(COCc1ccc(C(F)(F)F)cc1)NCC12CCC(C(=O)O)(CO1)C2. The van der Waals surface area contributed by atoms with E-state index in [9.17, 15) is 27.9 Å². The first kappa shape index (κ1) is 19.6. The van der Waals surface area contributed by atoms with Gasteiger partial charge in [-0.1, -0.05) is 12.1 Å². The van der Waals surface area contributed by atoms with Gasteiger partial charge < -0.3 is 19.9 Å². The van der Waals surface area contributed by atoms with Crippen molar-refractivity contribution in [1.29, 1.82) is 0 Å². The molecule has 148 valence electrons. The predicted molar refractivity (Wildman–Crippen MR) is 86.7 cm³/mol. The van der Waals surface area contributed by atoms with Crippen molar-refractivity contribution in [2.75, 3.05) is 19.8 Å². The second-order valence-corrected chi connectivity index (χ2v) is 7.20. The predicted octanol–water partition coefficient (Wildman–Crippen LogP) is 2.36. The summed E-state index contributed by atoms with van der Waals surface area (Å²) in [7, 11) is 0. The number of benzene rings is 1. The number of hydrogen-bond donors (Lipinski definition) is 2. The molecule has 2 fully saturated rings. The van der Waals surface area contributed by atoms with E-state index in [-0.39, 0.29) is 32.3 Å². The fourth-order valence-electron chi connectivity index (χ4n) is 3.61. The summed E-state index contributed by atoms with van der Waals surface area (Å²) in [6, 6.07) is 4.53. The molecule has 1 aliphatic heterocycles. The van der Waals surface area contributed by atoms with Gasteiger partial charge in [0.2, 0.25) is 5.91 Å². The normalized spacial score (nSPS) is 26.9. The van der Waals surface area contributed by atoms with Crippen LogP contribution in [0.25, 0.3) is 0 Å². The van der Waals surface area contributed by atoms with Crippen molar-refractivity contribution in [3.63, 3.8) is 0 Å². The van der Waals surface area contributed by atoms with Gasteiger partial charge in [0.25, 0.3) is 0 Å². The van der Waals surface area contributed by atoms with Crippen molar-refractivity contribution in [2.24, 2.45) is 5.41 Å². The Morgan fingerprint density at radius 2 is 1.93 bits per heavy atom. The van der Waals surface area contributed by atoms with E-state index in [2.05, 4.69) is 5.32 Å². The highest BCUT2D eigenvalue weighted by atomic mass is 19.4. The first-order valence-electron chi connectivity index (χ1n) is 8.52. The van der Waals surface area contributed by atoms with Gasteiger partial charge in [-0.15, -0.1) is 0 Å². The van der Waals surface area contributed by atoms with Crippen LogP contribution in [0.1, 0.15) is 30.4 Å². The smallest absolute Gasteiger partial charge is 0.416 e. The molecule has 2 atom stereocenters. The van der Waals surface area contributed by atoms with Crippen molar-refractivity contribution in [3.8, 4) is 0 Å². The molecule has 0 radical (unpaired) electrons. The third kappa shape index (κ3) is 4.24. The Kier molecular flexibility index (Phi) is 5.18. The van der Waals surface area contributed by atoms with Crippen molar-refractivity contribution in [3.05, 3.63) is 35.4 Å². The third-order valence-corrected chi connectivity index (χ3v) is 5.22. The summed E-state index contributed by atoms with van der Waals surface area (Å²) in [5, 5.41) is 12.0. The number of aliphatic carboxylic acids is 1. The number of amides is 1. The van der Waals surface area contributed by atoms with E-state index in [1.54, 1.807) is 0 Å². The topological polar surface area (TPSA) is 84.9 Å². The average molecular weight is 387 g/mol.